The molecule has 0 atom stereocenters. The third-order valence-corrected chi connectivity index (χ3v) is 6.21. The van der Waals surface area contributed by atoms with Gasteiger partial charge in [0.25, 0.3) is 0 Å². The highest BCUT2D eigenvalue weighted by Gasteiger charge is 2.30. The Bertz CT molecular complexity index is 1230. The number of nitrogens with zero attached hydrogens (tertiary/aromatic N) is 5. The minimum Gasteiger partial charge on any atom is -0.343 e. The van der Waals surface area contributed by atoms with Crippen LogP contribution >= 0.6 is 11.8 Å². The number of hydrogen-bond acceptors (Lipinski definition) is 6. The molecule has 4 aromatic rings. The van der Waals surface area contributed by atoms with Gasteiger partial charge >= 0.3 is 6.18 Å². The van der Waals surface area contributed by atoms with Crippen molar-refractivity contribution in [1.29, 1.82) is 0 Å². The van der Waals surface area contributed by atoms with Crippen LogP contribution in [0.1, 0.15) is 25.3 Å². The Kier molecular flexibility index (Phi) is 5.89. The zero-order chi connectivity index (χ0) is 23.0. The van der Waals surface area contributed by atoms with Crippen LogP contribution < -0.4 is 4.90 Å². The zero-order valence-electron chi connectivity index (χ0n) is 18.0. The summed E-state index contributed by atoms with van der Waals surface area (Å²) >= 11 is 1.33. The van der Waals surface area contributed by atoms with E-state index in [-0.39, 0.29) is 0 Å². The first-order valence-corrected chi connectivity index (χ1v) is 10.9. The molecular weight excluding hydrogens is 439 g/mol. The van der Waals surface area contributed by atoms with Crippen LogP contribution in [0.15, 0.2) is 51.9 Å². The summed E-state index contributed by atoms with van der Waals surface area (Å²) in [5.41, 5.74) is 1.96. The van der Waals surface area contributed by atoms with Gasteiger partial charge in [-0.15, -0.1) is 11.8 Å². The molecule has 0 aliphatic rings. The molecule has 4 rings (SSSR count). The maximum absolute atomic E-state index is 12.7. The van der Waals surface area contributed by atoms with E-state index in [1.807, 2.05) is 36.9 Å². The van der Waals surface area contributed by atoms with Crippen LogP contribution in [0.4, 0.5) is 19.1 Å². The summed E-state index contributed by atoms with van der Waals surface area (Å²) in [7, 11) is 3.97. The lowest BCUT2D eigenvalue weighted by atomic mass is 10.2. The van der Waals surface area contributed by atoms with E-state index in [1.165, 1.54) is 23.9 Å². The fraction of sp³-hybridized carbons (Fsp3) is 0.318. The van der Waals surface area contributed by atoms with Crippen LogP contribution in [0, 0.1) is 0 Å². The molecule has 0 aliphatic heterocycles. The number of anilines is 1. The number of alkyl halides is 3. The molecular formula is C22H22F3N5OS. The minimum atomic E-state index is -4.34. The van der Waals surface area contributed by atoms with Crippen molar-refractivity contribution in [3.63, 3.8) is 0 Å². The number of aromatic nitrogens is 4. The van der Waals surface area contributed by atoms with Gasteiger partial charge in [-0.05, 0) is 56.3 Å². The summed E-state index contributed by atoms with van der Waals surface area (Å²) in [4.78, 5) is 11.9. The van der Waals surface area contributed by atoms with Gasteiger partial charge in [0.05, 0.1) is 22.3 Å². The Labute approximate surface area is 187 Å². The highest BCUT2D eigenvalue weighted by molar-refractivity contribution is 7.98. The smallest absolute Gasteiger partial charge is 0.343 e. The molecule has 0 saturated carbocycles. The molecule has 0 unspecified atom stereocenters. The number of benzene rings is 2. The molecule has 0 aliphatic carbocycles. The van der Waals surface area contributed by atoms with E-state index < -0.39 is 11.7 Å². The standard InChI is InChI=1S/C22H22F3N5OS/c1-13(2)29(3)21-26-17-10-5-14(11-18(17)30(21)4)20-27-19(31-28-20)12-32-16-8-6-15(7-9-16)22(23,24)25/h5-11,13H,12H2,1-4H3. The topological polar surface area (TPSA) is 60.0 Å². The molecule has 2 aromatic carbocycles. The Morgan fingerprint density at radius 1 is 1.09 bits per heavy atom. The summed E-state index contributed by atoms with van der Waals surface area (Å²) in [6.07, 6.45) is -4.34. The Hall–Kier alpha value is -3.01. The molecule has 0 N–H and O–H groups in total. The monoisotopic (exact) mass is 461 g/mol. The maximum Gasteiger partial charge on any atom is 0.416 e. The fourth-order valence-corrected chi connectivity index (χ4v) is 3.91. The van der Waals surface area contributed by atoms with Crippen molar-refractivity contribution in [2.75, 3.05) is 11.9 Å². The largest absolute Gasteiger partial charge is 0.416 e. The third-order valence-electron chi connectivity index (χ3n) is 5.22. The van der Waals surface area contributed by atoms with Gasteiger partial charge in [0.1, 0.15) is 0 Å². The molecule has 0 spiro atoms. The highest BCUT2D eigenvalue weighted by Crippen LogP contribution is 2.32. The van der Waals surface area contributed by atoms with Crippen molar-refractivity contribution in [3.8, 4) is 11.4 Å². The molecule has 0 fully saturated rings. The maximum atomic E-state index is 12.7. The van der Waals surface area contributed by atoms with Gasteiger partial charge in [-0.2, -0.15) is 18.2 Å². The van der Waals surface area contributed by atoms with Crippen LogP contribution in [0.3, 0.4) is 0 Å². The summed E-state index contributed by atoms with van der Waals surface area (Å²) in [6, 6.07) is 11.1. The molecule has 0 radical (unpaired) electrons. The van der Waals surface area contributed by atoms with Crippen molar-refractivity contribution >= 4 is 28.7 Å². The van der Waals surface area contributed by atoms with Crippen LogP contribution in [-0.4, -0.2) is 32.8 Å². The van der Waals surface area contributed by atoms with Gasteiger partial charge in [-0.3, -0.25) is 0 Å². The van der Waals surface area contributed by atoms with Crippen molar-refractivity contribution in [3.05, 3.63) is 53.9 Å². The lowest BCUT2D eigenvalue weighted by Crippen LogP contribution is -2.28. The SMILES string of the molecule is CC(C)N(C)c1nc2ccc(-c3noc(CSc4ccc(C(F)(F)F)cc4)n3)cc2n1C. The second kappa shape index (κ2) is 8.50. The molecule has 10 heteroatoms. The molecule has 0 bridgehead atoms. The van der Waals surface area contributed by atoms with E-state index >= 15 is 0 Å². The number of thioether (sulfide) groups is 1. The van der Waals surface area contributed by atoms with Gasteiger partial charge < -0.3 is 14.0 Å². The predicted octanol–water partition coefficient (Wildman–Crippen LogP) is 5.78. The number of fused-ring (bicyclic) bond motifs is 1. The van der Waals surface area contributed by atoms with Crippen LogP contribution in [0.5, 0.6) is 0 Å². The number of aryl methyl sites for hydroxylation is 1. The van der Waals surface area contributed by atoms with E-state index in [0.29, 0.717) is 28.4 Å². The molecule has 2 aromatic heterocycles. The first kappa shape index (κ1) is 22.2. The van der Waals surface area contributed by atoms with Crippen LogP contribution in [0.25, 0.3) is 22.4 Å². The summed E-state index contributed by atoms with van der Waals surface area (Å²) < 4.78 is 45.4. The average Bonchev–Trinajstić information content (AvgIpc) is 3.36. The Morgan fingerprint density at radius 3 is 2.47 bits per heavy atom. The van der Waals surface area contributed by atoms with Gasteiger partial charge in [0, 0.05) is 30.6 Å². The molecule has 6 nitrogen and oxygen atoms in total. The summed E-state index contributed by atoms with van der Waals surface area (Å²) in [5.74, 6) is 2.08. The van der Waals surface area contributed by atoms with Crippen LogP contribution in [-0.2, 0) is 19.0 Å². The zero-order valence-corrected chi connectivity index (χ0v) is 18.8. The number of imidazole rings is 1. The number of halogens is 3. The fourth-order valence-electron chi connectivity index (χ4n) is 3.18. The molecule has 0 amide bonds. The quantitative estimate of drug-likeness (QED) is 0.339. The van der Waals surface area contributed by atoms with Crippen LogP contribution in [0.2, 0.25) is 0 Å². The lowest BCUT2D eigenvalue weighted by molar-refractivity contribution is -0.137. The lowest BCUT2D eigenvalue weighted by Gasteiger charge is -2.22. The molecule has 0 saturated heterocycles. The normalized spacial score (nSPS) is 12.1. The van der Waals surface area contributed by atoms with Crippen molar-refractivity contribution in [2.24, 2.45) is 7.05 Å². The molecule has 168 valence electrons. The summed E-state index contributed by atoms with van der Waals surface area (Å²) in [5, 5.41) is 4.06. The first-order chi connectivity index (χ1) is 15.1. The van der Waals surface area contributed by atoms with E-state index in [1.54, 1.807) is 0 Å². The van der Waals surface area contributed by atoms with Gasteiger partial charge in [-0.1, -0.05) is 5.16 Å². The average molecular weight is 462 g/mol. The van der Waals surface area contributed by atoms with E-state index in [9.17, 15) is 13.2 Å². The first-order valence-electron chi connectivity index (χ1n) is 9.96. The highest BCUT2D eigenvalue weighted by atomic mass is 32.2. The number of hydrogen-bond donors (Lipinski definition) is 0. The minimum absolute atomic E-state index is 0.312. The van der Waals surface area contributed by atoms with Gasteiger partial charge in [0.2, 0.25) is 17.7 Å². The van der Waals surface area contributed by atoms with E-state index in [2.05, 4.69) is 28.9 Å². The van der Waals surface area contributed by atoms with Crippen molar-refractivity contribution < 1.29 is 17.7 Å². The third kappa shape index (κ3) is 4.45. The van der Waals surface area contributed by atoms with E-state index in [0.717, 1.165) is 34.7 Å². The summed E-state index contributed by atoms with van der Waals surface area (Å²) in [6.45, 7) is 4.21. The Balaban J connectivity index is 1.50. The molecule has 32 heavy (non-hydrogen) atoms. The van der Waals surface area contributed by atoms with Gasteiger partial charge in [-0.25, -0.2) is 4.98 Å². The van der Waals surface area contributed by atoms with Gasteiger partial charge in [0.15, 0.2) is 0 Å². The second-order valence-corrected chi connectivity index (χ2v) is 8.75. The Morgan fingerprint density at radius 2 is 1.81 bits per heavy atom. The number of rotatable bonds is 6. The molecule has 2 heterocycles. The van der Waals surface area contributed by atoms with Crippen molar-refractivity contribution in [1.82, 2.24) is 19.7 Å². The van der Waals surface area contributed by atoms with Crippen molar-refractivity contribution in [2.45, 2.75) is 36.7 Å². The predicted molar refractivity (Wildman–Crippen MR) is 119 cm³/mol. The van der Waals surface area contributed by atoms with E-state index in [4.69, 9.17) is 9.51 Å². The second-order valence-electron chi connectivity index (χ2n) is 7.70.